The van der Waals surface area contributed by atoms with E-state index < -0.39 is 38.7 Å². The molecule has 0 spiro atoms. The lowest BCUT2D eigenvalue weighted by atomic mass is 9.95. The lowest BCUT2D eigenvalue weighted by Gasteiger charge is -2.44. The van der Waals surface area contributed by atoms with Crippen LogP contribution in [-0.2, 0) is 28.2 Å². The minimum absolute atomic E-state index is 0.0149. The molecule has 8 nitrogen and oxygen atoms in total. The van der Waals surface area contributed by atoms with Crippen molar-refractivity contribution in [3.05, 3.63) is 120 Å². The zero-order chi connectivity index (χ0) is 36.4. The standard InChI is InChI=1S/C42H52O8Si/c1-30(50-51(42(2,3)4,35-16-10-8-11-17-35)36-18-12-9-13-19-36)15-14-20-37(47-29-44-5)40-41(43)49-39(32-23-27-34(46-7)28-24-32)38(48-40)31-21-25-33(45-6)26-22-31/h8-13,16-19,21-28,30,37-40H,14-15,20,29H2,1-7H3/t30-,37+,38+,39+,40+/m1/s1. The summed E-state index contributed by atoms with van der Waals surface area (Å²) >= 11 is 0. The molecule has 1 fully saturated rings. The van der Waals surface area contributed by atoms with Gasteiger partial charge in [0.1, 0.15) is 24.4 Å². The summed E-state index contributed by atoms with van der Waals surface area (Å²) in [4.78, 5) is 13.8. The van der Waals surface area contributed by atoms with Gasteiger partial charge in [-0.3, -0.25) is 0 Å². The summed E-state index contributed by atoms with van der Waals surface area (Å²) in [6.07, 6.45) is -0.852. The van der Waals surface area contributed by atoms with E-state index in [1.165, 1.54) is 10.4 Å². The molecular formula is C42H52O8Si. The maximum Gasteiger partial charge on any atom is 0.338 e. The van der Waals surface area contributed by atoms with Gasteiger partial charge in [0.05, 0.1) is 20.3 Å². The molecule has 5 rings (SSSR count). The molecule has 4 aromatic rings. The predicted molar refractivity (Wildman–Crippen MR) is 201 cm³/mol. The van der Waals surface area contributed by atoms with E-state index in [-0.39, 0.29) is 17.9 Å². The van der Waals surface area contributed by atoms with Crippen LogP contribution in [0.25, 0.3) is 0 Å². The van der Waals surface area contributed by atoms with Crippen molar-refractivity contribution in [1.29, 1.82) is 0 Å². The highest BCUT2D eigenvalue weighted by Crippen LogP contribution is 2.42. The predicted octanol–water partition coefficient (Wildman–Crippen LogP) is 7.55. The van der Waals surface area contributed by atoms with Crippen LogP contribution in [0.4, 0.5) is 0 Å². The van der Waals surface area contributed by atoms with E-state index in [4.69, 9.17) is 32.8 Å². The van der Waals surface area contributed by atoms with Crippen molar-refractivity contribution in [1.82, 2.24) is 0 Å². The Balaban J connectivity index is 1.36. The van der Waals surface area contributed by atoms with Gasteiger partial charge in [-0.15, -0.1) is 0 Å². The summed E-state index contributed by atoms with van der Waals surface area (Å²) in [5.74, 6) is 0.958. The summed E-state index contributed by atoms with van der Waals surface area (Å²) in [6.45, 7) is 9.01. The third kappa shape index (κ3) is 8.91. The largest absolute Gasteiger partial charge is 0.497 e. The molecule has 51 heavy (non-hydrogen) atoms. The molecule has 0 unspecified atom stereocenters. The Morgan fingerprint density at radius 3 is 1.69 bits per heavy atom. The Labute approximate surface area is 304 Å². The van der Waals surface area contributed by atoms with Crippen molar-refractivity contribution in [2.45, 2.75) is 82.5 Å². The van der Waals surface area contributed by atoms with Gasteiger partial charge in [0.25, 0.3) is 8.32 Å². The maximum atomic E-state index is 13.8. The number of rotatable bonds is 16. The van der Waals surface area contributed by atoms with Crippen LogP contribution in [0, 0.1) is 0 Å². The second-order valence-corrected chi connectivity index (χ2v) is 18.3. The van der Waals surface area contributed by atoms with Crippen molar-refractivity contribution in [2.75, 3.05) is 28.1 Å². The Bertz CT molecular complexity index is 1600. The highest BCUT2D eigenvalue weighted by Gasteiger charge is 2.51. The Kier molecular flexibility index (Phi) is 13.1. The van der Waals surface area contributed by atoms with Crippen molar-refractivity contribution < 1.29 is 37.6 Å². The Hall–Kier alpha value is -3.99. The van der Waals surface area contributed by atoms with E-state index in [0.717, 1.165) is 29.7 Å². The summed E-state index contributed by atoms with van der Waals surface area (Å²) in [6, 6.07) is 36.4. The number of hydrogen-bond donors (Lipinski definition) is 0. The van der Waals surface area contributed by atoms with Crippen molar-refractivity contribution in [3.8, 4) is 11.5 Å². The van der Waals surface area contributed by atoms with Crippen LogP contribution in [0.3, 0.4) is 0 Å². The molecule has 5 atom stereocenters. The van der Waals surface area contributed by atoms with Gasteiger partial charge in [0.15, 0.2) is 12.2 Å². The van der Waals surface area contributed by atoms with E-state index in [2.05, 4.69) is 88.4 Å². The first-order chi connectivity index (χ1) is 24.6. The minimum Gasteiger partial charge on any atom is -0.497 e. The quantitative estimate of drug-likeness (QED) is 0.0670. The molecule has 0 radical (unpaired) electrons. The molecule has 0 bridgehead atoms. The molecule has 0 aromatic heterocycles. The smallest absolute Gasteiger partial charge is 0.338 e. The maximum absolute atomic E-state index is 13.8. The second-order valence-electron chi connectivity index (χ2n) is 14.0. The number of benzene rings is 4. The molecular weight excluding hydrogens is 661 g/mol. The highest BCUT2D eigenvalue weighted by molar-refractivity contribution is 6.99. The van der Waals surface area contributed by atoms with E-state index in [0.29, 0.717) is 12.2 Å². The SMILES string of the molecule is COCO[C@@H](CCC[C@@H](C)O[Si](c1ccccc1)(c1ccccc1)C(C)(C)C)[C@@H]1O[C@@H](c2ccc(OC)cc2)[C@H](c2ccc(OC)cc2)OC1=O. The monoisotopic (exact) mass is 712 g/mol. The van der Waals surface area contributed by atoms with Gasteiger partial charge in [0.2, 0.25) is 0 Å². The first kappa shape index (κ1) is 38.2. The van der Waals surface area contributed by atoms with Crippen molar-refractivity contribution in [3.63, 3.8) is 0 Å². The van der Waals surface area contributed by atoms with Crippen LogP contribution < -0.4 is 19.8 Å². The Morgan fingerprint density at radius 2 is 1.22 bits per heavy atom. The number of carbonyl (C=O) groups is 1. The summed E-state index contributed by atoms with van der Waals surface area (Å²) in [7, 11) is 2.09. The normalized spacial score (nSPS) is 19.2. The fourth-order valence-electron chi connectivity index (χ4n) is 7.00. The van der Waals surface area contributed by atoms with E-state index in [1.54, 1.807) is 21.3 Å². The van der Waals surface area contributed by atoms with Gasteiger partial charge in [-0.05, 0) is 77.0 Å². The number of hydrogen-bond acceptors (Lipinski definition) is 8. The van der Waals surface area contributed by atoms with Gasteiger partial charge in [0, 0.05) is 13.2 Å². The molecule has 4 aromatic carbocycles. The van der Waals surface area contributed by atoms with Gasteiger partial charge in [-0.25, -0.2) is 4.79 Å². The van der Waals surface area contributed by atoms with Gasteiger partial charge in [-0.1, -0.05) is 106 Å². The number of ether oxygens (including phenoxy) is 6. The minimum atomic E-state index is -2.72. The molecule has 272 valence electrons. The zero-order valence-electron chi connectivity index (χ0n) is 30.9. The third-order valence-corrected chi connectivity index (χ3v) is 14.7. The van der Waals surface area contributed by atoms with Gasteiger partial charge < -0.3 is 32.8 Å². The molecule has 9 heteroatoms. The fourth-order valence-corrected chi connectivity index (χ4v) is 11.7. The summed E-state index contributed by atoms with van der Waals surface area (Å²) < 4.78 is 42.4. The fraction of sp³-hybridized carbons (Fsp3) is 0.405. The molecule has 0 aliphatic carbocycles. The Morgan fingerprint density at radius 1 is 0.706 bits per heavy atom. The lowest BCUT2D eigenvalue weighted by molar-refractivity contribution is -0.227. The van der Waals surface area contributed by atoms with E-state index in [9.17, 15) is 4.79 Å². The topological polar surface area (TPSA) is 81.7 Å². The molecule has 0 amide bonds. The average Bonchev–Trinajstić information content (AvgIpc) is 3.15. The number of methoxy groups -OCH3 is 3. The van der Waals surface area contributed by atoms with Crippen LogP contribution in [0.1, 0.15) is 70.3 Å². The average molecular weight is 713 g/mol. The van der Waals surface area contributed by atoms with Crippen LogP contribution in [0.2, 0.25) is 5.04 Å². The highest BCUT2D eigenvalue weighted by atomic mass is 28.4. The van der Waals surface area contributed by atoms with Crippen molar-refractivity contribution in [2.24, 2.45) is 0 Å². The number of cyclic esters (lactones) is 1. The van der Waals surface area contributed by atoms with Crippen molar-refractivity contribution >= 4 is 24.7 Å². The number of esters is 1. The number of carbonyl (C=O) groups excluding carboxylic acids is 1. The zero-order valence-corrected chi connectivity index (χ0v) is 31.9. The second kappa shape index (κ2) is 17.5. The molecule has 0 saturated carbocycles. The molecule has 1 aliphatic heterocycles. The van der Waals surface area contributed by atoms with E-state index in [1.807, 2.05) is 48.5 Å². The molecule has 0 N–H and O–H groups in total. The van der Waals surface area contributed by atoms with Crippen LogP contribution in [-0.4, -0.2) is 60.7 Å². The van der Waals surface area contributed by atoms with E-state index >= 15 is 0 Å². The van der Waals surface area contributed by atoms with Gasteiger partial charge >= 0.3 is 5.97 Å². The molecule has 1 aliphatic rings. The first-order valence-electron chi connectivity index (χ1n) is 17.6. The first-order valence-corrected chi connectivity index (χ1v) is 19.6. The summed E-state index contributed by atoms with van der Waals surface area (Å²) in [5.41, 5.74) is 1.65. The van der Waals surface area contributed by atoms with Gasteiger partial charge in [-0.2, -0.15) is 0 Å². The molecule has 1 saturated heterocycles. The summed E-state index contributed by atoms with van der Waals surface area (Å²) in [5, 5.41) is 2.35. The lowest BCUT2D eigenvalue weighted by Crippen LogP contribution is -2.67. The van der Waals surface area contributed by atoms with Crippen LogP contribution in [0.15, 0.2) is 109 Å². The third-order valence-electron chi connectivity index (χ3n) is 9.56. The van der Waals surface area contributed by atoms with Crippen LogP contribution >= 0.6 is 0 Å². The van der Waals surface area contributed by atoms with Crippen LogP contribution in [0.5, 0.6) is 11.5 Å². The molecule has 1 heterocycles.